The van der Waals surface area contributed by atoms with Crippen LogP contribution in [-0.4, -0.2) is 31.1 Å². The van der Waals surface area contributed by atoms with Gasteiger partial charge in [0.1, 0.15) is 0 Å². The minimum atomic E-state index is -0.503. The van der Waals surface area contributed by atoms with E-state index in [0.29, 0.717) is 25.2 Å². The minimum absolute atomic E-state index is 0.104. The molecular weight excluding hydrogens is 268 g/mol. The second-order valence-corrected chi connectivity index (χ2v) is 5.17. The number of amides is 3. The van der Waals surface area contributed by atoms with Gasteiger partial charge in [0, 0.05) is 24.5 Å². The average molecular weight is 290 g/mol. The molecule has 1 fully saturated rings. The molecule has 1 unspecified atom stereocenters. The second-order valence-electron chi connectivity index (χ2n) is 5.17. The maximum absolute atomic E-state index is 11.9. The zero-order valence-corrected chi connectivity index (χ0v) is 12.3. The highest BCUT2D eigenvalue weighted by Crippen LogP contribution is 2.21. The number of rotatable bonds is 5. The molecule has 1 heterocycles. The van der Waals surface area contributed by atoms with Crippen LogP contribution in [0.25, 0.3) is 0 Å². The van der Waals surface area contributed by atoms with Gasteiger partial charge in [0.2, 0.25) is 5.91 Å². The number of nitrogens with one attached hydrogen (secondary N) is 2. The molecule has 0 spiro atoms. The lowest BCUT2D eigenvalue weighted by Gasteiger charge is -2.27. The third-order valence-electron chi connectivity index (χ3n) is 3.44. The van der Waals surface area contributed by atoms with E-state index in [1.165, 1.54) is 0 Å². The zero-order chi connectivity index (χ0) is 15.2. The molecular formula is C15H22N4O2. The second kappa shape index (κ2) is 7.08. The van der Waals surface area contributed by atoms with Crippen LogP contribution < -0.4 is 21.3 Å². The van der Waals surface area contributed by atoms with Gasteiger partial charge >= 0.3 is 6.03 Å². The van der Waals surface area contributed by atoms with Crippen molar-refractivity contribution in [3.8, 4) is 0 Å². The first-order valence-corrected chi connectivity index (χ1v) is 7.33. The molecule has 1 aliphatic rings. The van der Waals surface area contributed by atoms with Gasteiger partial charge in [-0.2, -0.15) is 0 Å². The molecule has 6 nitrogen and oxygen atoms in total. The Morgan fingerprint density at radius 2 is 2.33 bits per heavy atom. The van der Waals surface area contributed by atoms with Gasteiger partial charge in [0.15, 0.2) is 0 Å². The van der Waals surface area contributed by atoms with E-state index in [4.69, 9.17) is 5.73 Å². The van der Waals surface area contributed by atoms with E-state index in [1.807, 2.05) is 19.1 Å². The van der Waals surface area contributed by atoms with Crippen molar-refractivity contribution in [1.82, 2.24) is 5.32 Å². The Labute approximate surface area is 124 Å². The van der Waals surface area contributed by atoms with Crippen LogP contribution in [0.4, 0.5) is 16.2 Å². The van der Waals surface area contributed by atoms with Gasteiger partial charge in [0.05, 0.1) is 6.04 Å². The Morgan fingerprint density at radius 1 is 1.52 bits per heavy atom. The molecule has 0 saturated carbocycles. The van der Waals surface area contributed by atoms with Crippen LogP contribution in [0.5, 0.6) is 0 Å². The molecule has 4 N–H and O–H groups in total. The maximum Gasteiger partial charge on any atom is 0.321 e. The van der Waals surface area contributed by atoms with Crippen LogP contribution in [0, 0.1) is 0 Å². The van der Waals surface area contributed by atoms with Crippen molar-refractivity contribution in [1.29, 1.82) is 0 Å². The van der Waals surface area contributed by atoms with Gasteiger partial charge in [0.25, 0.3) is 0 Å². The quantitative estimate of drug-likeness (QED) is 0.771. The molecule has 0 radical (unpaired) electrons. The Morgan fingerprint density at radius 3 is 3.05 bits per heavy atom. The fraction of sp³-hybridized carbons (Fsp3) is 0.467. The van der Waals surface area contributed by atoms with Gasteiger partial charge in [-0.3, -0.25) is 9.69 Å². The molecule has 1 saturated heterocycles. The monoisotopic (exact) mass is 290 g/mol. The fourth-order valence-corrected chi connectivity index (χ4v) is 2.30. The normalized spacial score (nSPS) is 16.3. The van der Waals surface area contributed by atoms with Crippen molar-refractivity contribution in [2.45, 2.75) is 32.2 Å². The summed E-state index contributed by atoms with van der Waals surface area (Å²) in [4.78, 5) is 25.4. The predicted octanol–water partition coefficient (Wildman–Crippen LogP) is 1.67. The molecule has 21 heavy (non-hydrogen) atoms. The first kappa shape index (κ1) is 15.3. The maximum atomic E-state index is 11.9. The van der Waals surface area contributed by atoms with Crippen LogP contribution in [-0.2, 0) is 4.79 Å². The highest BCUT2D eigenvalue weighted by molar-refractivity contribution is 5.97. The third-order valence-corrected chi connectivity index (χ3v) is 3.44. The summed E-state index contributed by atoms with van der Waals surface area (Å²) < 4.78 is 0. The summed E-state index contributed by atoms with van der Waals surface area (Å²) >= 11 is 0. The molecule has 3 amide bonds. The van der Waals surface area contributed by atoms with E-state index in [-0.39, 0.29) is 11.9 Å². The smallest absolute Gasteiger partial charge is 0.321 e. The average Bonchev–Trinajstić information content (AvgIpc) is 2.48. The van der Waals surface area contributed by atoms with Crippen molar-refractivity contribution < 1.29 is 9.59 Å². The summed E-state index contributed by atoms with van der Waals surface area (Å²) in [6.45, 7) is 3.37. The van der Waals surface area contributed by atoms with Crippen LogP contribution in [0.3, 0.4) is 0 Å². The summed E-state index contributed by atoms with van der Waals surface area (Å²) in [6, 6.07) is 6.65. The standard InChI is InChI=1S/C15H22N4O2/c1-2-5-13(16)14(20)18-11-6-3-7-12(10-11)19-9-4-8-17-15(19)21/h3,6-7,10,13H,2,4-5,8-9,16H2,1H3,(H,17,21)(H,18,20). The SMILES string of the molecule is CCCC(N)C(=O)Nc1cccc(N2CCCNC2=O)c1. The van der Waals surface area contributed by atoms with Gasteiger partial charge in [-0.05, 0) is 31.0 Å². The molecule has 1 aromatic carbocycles. The molecule has 114 valence electrons. The Hall–Kier alpha value is -2.08. The van der Waals surface area contributed by atoms with Crippen molar-refractivity contribution in [3.05, 3.63) is 24.3 Å². The van der Waals surface area contributed by atoms with Crippen molar-refractivity contribution in [2.75, 3.05) is 23.3 Å². The summed E-state index contributed by atoms with van der Waals surface area (Å²) in [5.41, 5.74) is 7.22. The number of hydrogen-bond donors (Lipinski definition) is 3. The largest absolute Gasteiger partial charge is 0.338 e. The predicted molar refractivity (Wildman–Crippen MR) is 83.3 cm³/mol. The zero-order valence-electron chi connectivity index (χ0n) is 12.3. The summed E-state index contributed by atoms with van der Waals surface area (Å²) in [5, 5.41) is 5.60. The van der Waals surface area contributed by atoms with E-state index in [9.17, 15) is 9.59 Å². The Kier molecular flexibility index (Phi) is 5.16. The number of nitrogens with zero attached hydrogens (tertiary/aromatic N) is 1. The highest BCUT2D eigenvalue weighted by Gasteiger charge is 2.19. The van der Waals surface area contributed by atoms with Crippen LogP contribution >= 0.6 is 0 Å². The van der Waals surface area contributed by atoms with Crippen molar-refractivity contribution >= 4 is 23.3 Å². The summed E-state index contributed by atoms with van der Waals surface area (Å²) in [7, 11) is 0. The minimum Gasteiger partial charge on any atom is -0.338 e. The first-order chi connectivity index (χ1) is 10.1. The number of urea groups is 1. The number of benzene rings is 1. The van der Waals surface area contributed by atoms with E-state index >= 15 is 0 Å². The van der Waals surface area contributed by atoms with Crippen LogP contribution in [0.1, 0.15) is 26.2 Å². The van der Waals surface area contributed by atoms with E-state index in [0.717, 1.165) is 18.5 Å². The van der Waals surface area contributed by atoms with Crippen LogP contribution in [0.15, 0.2) is 24.3 Å². The van der Waals surface area contributed by atoms with Crippen molar-refractivity contribution in [3.63, 3.8) is 0 Å². The first-order valence-electron chi connectivity index (χ1n) is 7.33. The van der Waals surface area contributed by atoms with E-state index < -0.39 is 6.04 Å². The lowest BCUT2D eigenvalue weighted by atomic mass is 10.1. The molecule has 0 bridgehead atoms. The molecule has 2 rings (SSSR count). The van der Waals surface area contributed by atoms with Crippen LogP contribution in [0.2, 0.25) is 0 Å². The Bertz CT molecular complexity index is 518. The highest BCUT2D eigenvalue weighted by atomic mass is 16.2. The van der Waals surface area contributed by atoms with Gasteiger partial charge in [-0.25, -0.2) is 4.79 Å². The number of hydrogen-bond acceptors (Lipinski definition) is 3. The molecule has 0 aliphatic carbocycles. The number of anilines is 2. The van der Waals surface area contributed by atoms with Gasteiger partial charge < -0.3 is 16.4 Å². The molecule has 6 heteroatoms. The van der Waals surface area contributed by atoms with E-state index in [1.54, 1.807) is 17.0 Å². The Balaban J connectivity index is 2.07. The molecule has 1 aliphatic heterocycles. The summed E-state index contributed by atoms with van der Waals surface area (Å²) in [6.07, 6.45) is 2.42. The van der Waals surface area contributed by atoms with Gasteiger partial charge in [-0.1, -0.05) is 19.4 Å². The van der Waals surface area contributed by atoms with Gasteiger partial charge in [-0.15, -0.1) is 0 Å². The lowest BCUT2D eigenvalue weighted by Crippen LogP contribution is -2.46. The van der Waals surface area contributed by atoms with Crippen molar-refractivity contribution in [2.24, 2.45) is 5.73 Å². The lowest BCUT2D eigenvalue weighted by molar-refractivity contribution is -0.117. The fourth-order valence-electron chi connectivity index (χ4n) is 2.30. The number of nitrogens with two attached hydrogens (primary N) is 1. The third kappa shape index (κ3) is 3.95. The topological polar surface area (TPSA) is 87.5 Å². The number of carbonyl (C=O) groups excluding carboxylic acids is 2. The summed E-state index contributed by atoms with van der Waals surface area (Å²) in [5.74, 6) is -0.197. The molecule has 1 aromatic rings. The number of carbonyl (C=O) groups is 2. The molecule has 1 atom stereocenters. The van der Waals surface area contributed by atoms with E-state index in [2.05, 4.69) is 10.6 Å². The molecule has 0 aromatic heterocycles.